The molecule has 2 N–H and O–H groups in total. The number of likely N-dealkylation sites (tertiary alicyclic amines) is 1. The highest BCUT2D eigenvalue weighted by molar-refractivity contribution is 7.98. The Kier molecular flexibility index (Phi) is 11.8. The zero-order valence-corrected chi connectivity index (χ0v) is 32.9. The predicted molar refractivity (Wildman–Crippen MR) is 201 cm³/mol. The summed E-state index contributed by atoms with van der Waals surface area (Å²) in [6, 6.07) is 12.4. The van der Waals surface area contributed by atoms with Gasteiger partial charge in [-0.1, -0.05) is 48.0 Å². The van der Waals surface area contributed by atoms with E-state index in [2.05, 4.69) is 34.4 Å². The van der Waals surface area contributed by atoms with Gasteiger partial charge in [0.25, 0.3) is 5.91 Å². The minimum absolute atomic E-state index is 0.0855. The zero-order chi connectivity index (χ0) is 37.1. The molecule has 274 valence electrons. The second kappa shape index (κ2) is 15.6. The van der Waals surface area contributed by atoms with Crippen LogP contribution in [0.5, 0.6) is 11.5 Å². The Morgan fingerprint density at radius 1 is 0.961 bits per heavy atom. The van der Waals surface area contributed by atoms with Crippen LogP contribution >= 0.6 is 31.1 Å². The fourth-order valence-electron chi connectivity index (χ4n) is 6.75. The summed E-state index contributed by atoms with van der Waals surface area (Å²) < 4.78 is 27.4. The van der Waals surface area contributed by atoms with Crippen molar-refractivity contribution < 1.29 is 28.0 Å². The largest absolute Gasteiger partial charge is 0.452 e. The van der Waals surface area contributed by atoms with Gasteiger partial charge >= 0.3 is 7.60 Å². The average molecular weight is 754 g/mol. The molecule has 3 aromatic rings. The maximum Gasteiger partial charge on any atom is 0.452 e. The Labute approximate surface area is 309 Å². The number of thioether (sulfide) groups is 2. The molecule has 5 atom stereocenters. The van der Waals surface area contributed by atoms with Crippen LogP contribution in [0.3, 0.4) is 0 Å². The standard InChI is InChI=1S/C37H48N5O6PS2/c1-9-10-30(49(46,47-23-11-15-25(50-7)16-12-23)48-24-13-17-26(51-8)18-14-24)40-34(44)29-21-27-32(37(27,5)6)42(29)35(45)31(36(2,3)4)41-33(43)28-22-38-19-20-39-28/h11-20,22,27,29-32H,9-10,21H2,1-8H3,(H,40,44)(H,41,43)/t27-,29-,30+,31+,32+/m0/s1. The zero-order valence-electron chi connectivity index (χ0n) is 30.4. The molecule has 5 rings (SSSR count). The number of hydrogen-bond donors (Lipinski definition) is 2. The first-order valence-corrected chi connectivity index (χ1v) is 21.2. The predicted octanol–water partition coefficient (Wildman–Crippen LogP) is 7.28. The average Bonchev–Trinajstić information content (AvgIpc) is 3.40. The van der Waals surface area contributed by atoms with E-state index in [1.807, 2.05) is 64.5 Å². The van der Waals surface area contributed by atoms with Crippen molar-refractivity contribution in [2.24, 2.45) is 16.7 Å². The van der Waals surface area contributed by atoms with Gasteiger partial charge in [0.2, 0.25) is 11.8 Å². The summed E-state index contributed by atoms with van der Waals surface area (Å²) in [6.45, 7) is 11.7. The topological polar surface area (TPSA) is 140 Å². The van der Waals surface area contributed by atoms with Crippen LogP contribution in [0.15, 0.2) is 76.9 Å². The molecule has 1 saturated heterocycles. The number of fused-ring (bicyclic) bond motifs is 1. The Bertz CT molecular complexity index is 1700. The Balaban J connectivity index is 1.44. The number of nitrogens with zero attached hydrogens (tertiary/aromatic N) is 3. The fourth-order valence-corrected chi connectivity index (χ4v) is 9.55. The Hall–Kier alpha value is -3.54. The van der Waals surface area contributed by atoms with Crippen LogP contribution < -0.4 is 19.7 Å². The number of amides is 3. The van der Waals surface area contributed by atoms with Crippen molar-refractivity contribution in [3.8, 4) is 11.5 Å². The van der Waals surface area contributed by atoms with Gasteiger partial charge in [-0.25, -0.2) is 9.55 Å². The van der Waals surface area contributed by atoms with Gasteiger partial charge in [-0.3, -0.25) is 19.4 Å². The van der Waals surface area contributed by atoms with Crippen molar-refractivity contribution in [3.63, 3.8) is 0 Å². The molecule has 11 nitrogen and oxygen atoms in total. The van der Waals surface area contributed by atoms with Gasteiger partial charge in [-0.2, -0.15) is 0 Å². The van der Waals surface area contributed by atoms with Gasteiger partial charge in [0, 0.05) is 28.2 Å². The molecule has 0 unspecified atom stereocenters. The molecular formula is C37H48N5O6PS2. The van der Waals surface area contributed by atoms with E-state index in [1.165, 1.54) is 18.6 Å². The summed E-state index contributed by atoms with van der Waals surface area (Å²) in [6.07, 6.45) is 9.46. The van der Waals surface area contributed by atoms with Gasteiger partial charge in [-0.05, 0) is 90.6 Å². The van der Waals surface area contributed by atoms with Crippen molar-refractivity contribution in [2.45, 2.75) is 94.5 Å². The number of benzene rings is 2. The lowest BCUT2D eigenvalue weighted by Crippen LogP contribution is -2.60. The van der Waals surface area contributed by atoms with E-state index >= 15 is 0 Å². The molecule has 1 aliphatic carbocycles. The summed E-state index contributed by atoms with van der Waals surface area (Å²) in [5.74, 6) is -1.57. The molecule has 51 heavy (non-hydrogen) atoms. The molecule has 0 radical (unpaired) electrons. The van der Waals surface area contributed by atoms with E-state index < -0.39 is 42.7 Å². The van der Waals surface area contributed by atoms with Crippen LogP contribution in [0.2, 0.25) is 0 Å². The Morgan fingerprint density at radius 2 is 1.53 bits per heavy atom. The van der Waals surface area contributed by atoms with Crippen LogP contribution in [0, 0.1) is 16.7 Å². The number of nitrogens with one attached hydrogen (secondary N) is 2. The van der Waals surface area contributed by atoms with E-state index in [4.69, 9.17) is 9.05 Å². The summed E-state index contributed by atoms with van der Waals surface area (Å²) in [5, 5.41) is 5.90. The first-order valence-electron chi connectivity index (χ1n) is 17.1. The van der Waals surface area contributed by atoms with Crippen LogP contribution in [-0.2, 0) is 14.2 Å². The SMILES string of the molecule is CCC[C@H](NC(=O)[C@@H]1C[C@H]2[C@@H](N1C(=O)[C@@H](NC(=O)c1cnccn1)C(C)(C)C)C2(C)C)P(=O)(Oc1ccc(SC)cc1)Oc1ccc(SC)cc1. The molecule has 2 heterocycles. The summed E-state index contributed by atoms with van der Waals surface area (Å²) >= 11 is 3.15. The highest BCUT2D eigenvalue weighted by Gasteiger charge is 2.69. The van der Waals surface area contributed by atoms with Gasteiger partial charge in [0.1, 0.15) is 29.3 Å². The maximum atomic E-state index is 15.0. The highest BCUT2D eigenvalue weighted by atomic mass is 32.2. The van der Waals surface area contributed by atoms with Crippen molar-refractivity contribution in [1.29, 1.82) is 0 Å². The van der Waals surface area contributed by atoms with Crippen molar-refractivity contribution in [2.75, 3.05) is 12.5 Å². The lowest BCUT2D eigenvalue weighted by molar-refractivity contribution is -0.144. The van der Waals surface area contributed by atoms with Gasteiger partial charge in [0.05, 0.1) is 6.20 Å². The van der Waals surface area contributed by atoms with Gasteiger partial charge in [-0.15, -0.1) is 23.5 Å². The molecule has 1 saturated carbocycles. The lowest BCUT2D eigenvalue weighted by Gasteiger charge is -2.38. The van der Waals surface area contributed by atoms with Crippen LogP contribution in [0.25, 0.3) is 0 Å². The second-order valence-electron chi connectivity index (χ2n) is 14.6. The summed E-state index contributed by atoms with van der Waals surface area (Å²) in [4.78, 5) is 54.0. The molecule has 3 amide bonds. The van der Waals surface area contributed by atoms with Crippen LogP contribution in [-0.4, -0.2) is 69.0 Å². The second-order valence-corrected chi connectivity index (χ2v) is 18.4. The quantitative estimate of drug-likeness (QED) is 0.128. The summed E-state index contributed by atoms with van der Waals surface area (Å²) in [7, 11) is -4.12. The number of aromatic nitrogens is 2. The van der Waals surface area contributed by atoms with Gasteiger partial charge < -0.3 is 24.6 Å². The third kappa shape index (κ3) is 8.58. The van der Waals surface area contributed by atoms with E-state index in [0.29, 0.717) is 30.8 Å². The first kappa shape index (κ1) is 38.7. The first-order chi connectivity index (χ1) is 24.1. The van der Waals surface area contributed by atoms with Crippen LogP contribution in [0.4, 0.5) is 0 Å². The molecule has 2 aromatic carbocycles. The molecule has 2 fully saturated rings. The normalized spacial score (nSPS) is 20.5. The third-order valence-corrected chi connectivity index (χ3v) is 13.2. The molecule has 0 spiro atoms. The number of carbonyl (C=O) groups is 3. The molecule has 1 aliphatic heterocycles. The molecule has 14 heteroatoms. The number of carbonyl (C=O) groups excluding carboxylic acids is 3. The third-order valence-electron chi connectivity index (χ3n) is 9.68. The molecule has 2 aliphatic rings. The molecule has 1 aromatic heterocycles. The maximum absolute atomic E-state index is 15.0. The fraction of sp³-hybridized carbons (Fsp3) is 0.486. The van der Waals surface area contributed by atoms with E-state index in [-0.39, 0.29) is 29.0 Å². The van der Waals surface area contributed by atoms with Crippen LogP contribution in [0.1, 0.15) is 71.3 Å². The number of rotatable bonds is 14. The molecular weight excluding hydrogens is 706 g/mol. The smallest absolute Gasteiger partial charge is 0.415 e. The van der Waals surface area contributed by atoms with Gasteiger partial charge in [0.15, 0.2) is 5.78 Å². The summed E-state index contributed by atoms with van der Waals surface area (Å²) in [5.41, 5.74) is -0.823. The number of hydrogen-bond acceptors (Lipinski definition) is 10. The lowest BCUT2D eigenvalue weighted by atomic mass is 9.85. The Morgan fingerprint density at radius 3 is 2.00 bits per heavy atom. The molecule has 0 bridgehead atoms. The highest BCUT2D eigenvalue weighted by Crippen LogP contribution is 2.63. The van der Waals surface area contributed by atoms with Crippen molar-refractivity contribution >= 4 is 48.8 Å². The van der Waals surface area contributed by atoms with E-state index in [1.54, 1.807) is 52.7 Å². The van der Waals surface area contributed by atoms with Crippen molar-refractivity contribution in [1.82, 2.24) is 25.5 Å². The van der Waals surface area contributed by atoms with E-state index in [9.17, 15) is 18.9 Å². The van der Waals surface area contributed by atoms with E-state index in [0.717, 1.165) is 9.79 Å². The minimum atomic E-state index is -4.12. The minimum Gasteiger partial charge on any atom is -0.415 e. The monoisotopic (exact) mass is 753 g/mol. The van der Waals surface area contributed by atoms with Crippen molar-refractivity contribution in [3.05, 3.63) is 72.8 Å². The number of piperidine rings is 1.